The zero-order valence-corrected chi connectivity index (χ0v) is 15.7. The number of aryl methyl sites for hydroxylation is 1. The van der Waals surface area contributed by atoms with E-state index in [1.54, 1.807) is 0 Å². The van der Waals surface area contributed by atoms with Crippen molar-refractivity contribution < 1.29 is 0 Å². The smallest absolute Gasteiger partial charge is 0.0547 e. The highest BCUT2D eigenvalue weighted by Crippen LogP contribution is 2.39. The van der Waals surface area contributed by atoms with Crippen LogP contribution >= 0.6 is 0 Å². The molecule has 0 spiro atoms. The van der Waals surface area contributed by atoms with Gasteiger partial charge in [-0.1, -0.05) is 78.4 Å². The second-order valence-corrected chi connectivity index (χ2v) is 7.57. The van der Waals surface area contributed by atoms with E-state index in [4.69, 9.17) is 0 Å². The van der Waals surface area contributed by atoms with Gasteiger partial charge in [-0.3, -0.25) is 0 Å². The molecule has 0 unspecified atom stereocenters. The maximum atomic E-state index is 2.41. The van der Waals surface area contributed by atoms with Gasteiger partial charge in [0.25, 0.3) is 0 Å². The first-order valence-corrected chi connectivity index (χ1v) is 9.71. The summed E-state index contributed by atoms with van der Waals surface area (Å²) in [5, 5.41) is 5.32. The minimum Gasteiger partial charge on any atom is -0.309 e. The Hall–Kier alpha value is -3.58. The van der Waals surface area contributed by atoms with E-state index in [2.05, 4.69) is 109 Å². The maximum absolute atomic E-state index is 2.41. The van der Waals surface area contributed by atoms with Crippen molar-refractivity contribution >= 4 is 32.6 Å². The molecule has 0 aliphatic heterocycles. The van der Waals surface area contributed by atoms with E-state index >= 15 is 0 Å². The van der Waals surface area contributed by atoms with Crippen molar-refractivity contribution in [2.24, 2.45) is 0 Å². The van der Waals surface area contributed by atoms with Crippen LogP contribution in [0, 0.1) is 6.92 Å². The van der Waals surface area contributed by atoms with Gasteiger partial charge >= 0.3 is 0 Å². The Morgan fingerprint density at radius 1 is 0.536 bits per heavy atom. The average Bonchev–Trinajstić information content (AvgIpc) is 3.09. The molecule has 0 aliphatic rings. The minimum atomic E-state index is 1.20. The lowest BCUT2D eigenvalue weighted by Crippen LogP contribution is -1.94. The van der Waals surface area contributed by atoms with E-state index in [9.17, 15) is 0 Å². The molecule has 1 aromatic heterocycles. The van der Waals surface area contributed by atoms with Gasteiger partial charge in [0.2, 0.25) is 0 Å². The van der Waals surface area contributed by atoms with Crippen molar-refractivity contribution in [3.63, 3.8) is 0 Å². The van der Waals surface area contributed by atoms with Gasteiger partial charge in [-0.2, -0.15) is 0 Å². The third-order valence-corrected chi connectivity index (χ3v) is 5.81. The number of aromatic nitrogens is 1. The largest absolute Gasteiger partial charge is 0.309 e. The van der Waals surface area contributed by atoms with E-state index in [1.807, 2.05) is 0 Å². The van der Waals surface area contributed by atoms with Crippen molar-refractivity contribution in [2.75, 3.05) is 0 Å². The zero-order valence-electron chi connectivity index (χ0n) is 15.7. The Balaban J connectivity index is 1.68. The zero-order chi connectivity index (χ0) is 18.7. The molecule has 0 atom stereocenters. The Morgan fingerprint density at radius 3 is 1.79 bits per heavy atom. The van der Waals surface area contributed by atoms with Crippen LogP contribution < -0.4 is 0 Å². The molecule has 1 heteroatoms. The number of nitrogens with zero attached hydrogens (tertiary/aromatic N) is 1. The summed E-state index contributed by atoms with van der Waals surface area (Å²) < 4.78 is 2.41. The van der Waals surface area contributed by atoms with E-state index < -0.39 is 0 Å². The quantitative estimate of drug-likeness (QED) is 0.285. The van der Waals surface area contributed by atoms with Crippen molar-refractivity contribution in [3.05, 3.63) is 103 Å². The van der Waals surface area contributed by atoms with Gasteiger partial charge in [-0.15, -0.1) is 0 Å². The van der Waals surface area contributed by atoms with Gasteiger partial charge in [0, 0.05) is 16.5 Å². The van der Waals surface area contributed by atoms with Crippen LogP contribution in [0.25, 0.3) is 49.4 Å². The summed E-state index contributed by atoms with van der Waals surface area (Å²) in [4.78, 5) is 0. The molecule has 0 amide bonds. The summed E-state index contributed by atoms with van der Waals surface area (Å²) in [6.45, 7) is 2.13. The van der Waals surface area contributed by atoms with Crippen LogP contribution in [0.2, 0.25) is 0 Å². The monoisotopic (exact) mass is 357 g/mol. The Kier molecular flexibility index (Phi) is 3.15. The topological polar surface area (TPSA) is 4.93 Å². The lowest BCUT2D eigenvalue weighted by molar-refractivity contribution is 1.18. The first-order chi connectivity index (χ1) is 13.8. The molecule has 0 fully saturated rings. The Bertz CT molecular complexity index is 1380. The SMILES string of the molecule is Cc1ccc(-c2cccc(-n3c4cccc5ccc6cccc3c6c54)c2)cc1. The van der Waals surface area contributed by atoms with Gasteiger partial charge in [0.1, 0.15) is 0 Å². The fourth-order valence-electron chi connectivity index (χ4n) is 4.47. The van der Waals surface area contributed by atoms with Gasteiger partial charge in [-0.05, 0) is 53.1 Å². The molecule has 0 saturated heterocycles. The normalized spacial score (nSPS) is 11.8. The molecule has 0 bridgehead atoms. The second-order valence-electron chi connectivity index (χ2n) is 7.57. The third kappa shape index (κ3) is 2.13. The summed E-state index contributed by atoms with van der Waals surface area (Å²) in [6.07, 6.45) is 0. The van der Waals surface area contributed by atoms with E-state index in [1.165, 1.54) is 55.0 Å². The van der Waals surface area contributed by atoms with Crippen LogP contribution in [-0.4, -0.2) is 4.57 Å². The van der Waals surface area contributed by atoms with Crippen LogP contribution in [-0.2, 0) is 0 Å². The van der Waals surface area contributed by atoms with Crippen LogP contribution in [0.15, 0.2) is 97.1 Å². The fourth-order valence-corrected chi connectivity index (χ4v) is 4.47. The molecule has 5 aromatic carbocycles. The number of rotatable bonds is 2. The number of benzene rings is 5. The van der Waals surface area contributed by atoms with Crippen molar-refractivity contribution in [1.82, 2.24) is 4.57 Å². The second kappa shape index (κ2) is 5.71. The van der Waals surface area contributed by atoms with Gasteiger partial charge in [0.05, 0.1) is 11.0 Å². The summed E-state index contributed by atoms with van der Waals surface area (Å²) in [5.74, 6) is 0. The number of hydrogen-bond donors (Lipinski definition) is 0. The highest BCUT2D eigenvalue weighted by atomic mass is 15.0. The van der Waals surface area contributed by atoms with E-state index in [0.717, 1.165) is 0 Å². The van der Waals surface area contributed by atoms with Crippen LogP contribution in [0.4, 0.5) is 0 Å². The molecule has 0 aliphatic carbocycles. The molecule has 28 heavy (non-hydrogen) atoms. The molecule has 1 heterocycles. The van der Waals surface area contributed by atoms with E-state index in [-0.39, 0.29) is 0 Å². The molecule has 0 saturated carbocycles. The highest BCUT2D eigenvalue weighted by molar-refractivity contribution is 6.24. The Labute approximate surface area is 163 Å². The maximum Gasteiger partial charge on any atom is 0.0547 e. The van der Waals surface area contributed by atoms with Crippen molar-refractivity contribution in [3.8, 4) is 16.8 Å². The summed E-state index contributed by atoms with van der Waals surface area (Å²) in [5.41, 5.74) is 7.52. The molecule has 6 rings (SSSR count). The highest BCUT2D eigenvalue weighted by Gasteiger charge is 2.16. The summed E-state index contributed by atoms with van der Waals surface area (Å²) >= 11 is 0. The third-order valence-electron chi connectivity index (χ3n) is 5.81. The summed E-state index contributed by atoms with van der Waals surface area (Å²) in [6, 6.07) is 35.3. The molecular weight excluding hydrogens is 338 g/mol. The van der Waals surface area contributed by atoms with E-state index in [0.29, 0.717) is 0 Å². The number of hydrogen-bond acceptors (Lipinski definition) is 0. The lowest BCUT2D eigenvalue weighted by Gasteiger charge is -2.10. The van der Waals surface area contributed by atoms with Crippen LogP contribution in [0.1, 0.15) is 5.56 Å². The first kappa shape index (κ1) is 15.5. The molecular formula is C27H19N. The van der Waals surface area contributed by atoms with Gasteiger partial charge in [0.15, 0.2) is 0 Å². The van der Waals surface area contributed by atoms with Gasteiger partial charge < -0.3 is 4.57 Å². The fraction of sp³-hybridized carbons (Fsp3) is 0.0370. The van der Waals surface area contributed by atoms with Crippen molar-refractivity contribution in [2.45, 2.75) is 6.92 Å². The van der Waals surface area contributed by atoms with Crippen molar-refractivity contribution in [1.29, 1.82) is 0 Å². The Morgan fingerprint density at radius 2 is 1.14 bits per heavy atom. The molecule has 132 valence electrons. The van der Waals surface area contributed by atoms with Crippen LogP contribution in [0.3, 0.4) is 0 Å². The predicted molar refractivity (Wildman–Crippen MR) is 120 cm³/mol. The predicted octanol–water partition coefficient (Wildman–Crippen LogP) is 7.35. The molecule has 0 N–H and O–H groups in total. The standard InChI is InChI=1S/C27H19N/c1-18-11-13-19(14-12-18)22-7-2-8-23(17-22)28-24-9-3-5-20-15-16-21-6-4-10-25(28)27(21)26(20)24/h2-17H,1H3. The lowest BCUT2D eigenvalue weighted by atomic mass is 10.0. The first-order valence-electron chi connectivity index (χ1n) is 9.71. The average molecular weight is 357 g/mol. The van der Waals surface area contributed by atoms with Gasteiger partial charge in [-0.25, -0.2) is 0 Å². The molecule has 1 nitrogen and oxygen atoms in total. The minimum absolute atomic E-state index is 1.20. The molecule has 6 aromatic rings. The molecule has 0 radical (unpaired) electrons. The van der Waals surface area contributed by atoms with Crippen LogP contribution in [0.5, 0.6) is 0 Å². The summed E-state index contributed by atoms with van der Waals surface area (Å²) in [7, 11) is 0.